The van der Waals surface area contributed by atoms with Crippen LogP contribution >= 0.6 is 0 Å². The fourth-order valence-corrected chi connectivity index (χ4v) is 3.62. The van der Waals surface area contributed by atoms with Gasteiger partial charge in [0, 0.05) is 20.0 Å². The molecule has 98 valence electrons. The van der Waals surface area contributed by atoms with Gasteiger partial charge in [-0.15, -0.1) is 0 Å². The van der Waals surface area contributed by atoms with Crippen molar-refractivity contribution in [2.75, 3.05) is 7.11 Å². The van der Waals surface area contributed by atoms with Crippen LogP contribution in [0.25, 0.3) is 0 Å². The molecule has 3 saturated heterocycles. The van der Waals surface area contributed by atoms with Gasteiger partial charge >= 0.3 is 0 Å². The van der Waals surface area contributed by atoms with Gasteiger partial charge in [0.2, 0.25) is 5.79 Å². The third-order valence-corrected chi connectivity index (χ3v) is 4.76. The van der Waals surface area contributed by atoms with Gasteiger partial charge in [-0.05, 0) is 25.2 Å². The molecule has 4 aliphatic rings. The number of hydrogen-bond acceptors (Lipinski definition) is 4. The van der Waals surface area contributed by atoms with Gasteiger partial charge < -0.3 is 9.47 Å². The maximum absolute atomic E-state index is 6.09. The molecule has 0 aromatic carbocycles. The van der Waals surface area contributed by atoms with Crippen LogP contribution in [0.4, 0.5) is 0 Å². The maximum atomic E-state index is 6.09. The first kappa shape index (κ1) is 11.9. The molecule has 2 bridgehead atoms. The van der Waals surface area contributed by atoms with E-state index in [1.807, 2.05) is 0 Å². The highest BCUT2D eigenvalue weighted by molar-refractivity contribution is 4.99. The van der Waals surface area contributed by atoms with Crippen LogP contribution in [0.15, 0.2) is 0 Å². The average Bonchev–Trinajstić information content (AvgIpc) is 2.64. The molecule has 0 aromatic rings. The van der Waals surface area contributed by atoms with Gasteiger partial charge in [-0.25, -0.2) is 9.78 Å². The first-order valence-corrected chi connectivity index (χ1v) is 6.82. The summed E-state index contributed by atoms with van der Waals surface area (Å²) in [6, 6.07) is 0. The second-order valence-corrected chi connectivity index (χ2v) is 5.55. The molecule has 0 radical (unpaired) electrons. The van der Waals surface area contributed by atoms with E-state index in [-0.39, 0.29) is 11.9 Å². The molecule has 3 heterocycles. The molecule has 0 N–H and O–H groups in total. The van der Waals surface area contributed by atoms with Crippen LogP contribution in [0.1, 0.15) is 51.9 Å². The third kappa shape index (κ3) is 1.65. The summed E-state index contributed by atoms with van der Waals surface area (Å²) in [7, 11) is 1.71. The molecule has 0 aromatic heterocycles. The minimum atomic E-state index is -0.580. The van der Waals surface area contributed by atoms with Crippen LogP contribution < -0.4 is 0 Å². The molecule has 4 rings (SSSR count). The van der Waals surface area contributed by atoms with Crippen molar-refractivity contribution in [2.24, 2.45) is 5.92 Å². The monoisotopic (exact) mass is 242 g/mol. The first-order chi connectivity index (χ1) is 8.25. The highest BCUT2D eigenvalue weighted by Gasteiger charge is 2.60. The fourth-order valence-electron chi connectivity index (χ4n) is 3.62. The number of fused-ring (bicyclic) bond motifs is 3. The van der Waals surface area contributed by atoms with E-state index in [9.17, 15) is 0 Å². The van der Waals surface area contributed by atoms with E-state index in [1.54, 1.807) is 7.11 Å². The zero-order valence-electron chi connectivity index (χ0n) is 10.7. The van der Waals surface area contributed by atoms with Crippen molar-refractivity contribution in [3.8, 4) is 0 Å². The SMILES string of the molecule is CCC12CCC3CCCCC3(OO1)C(OC)O2. The Balaban J connectivity index is 1.94. The van der Waals surface area contributed by atoms with Gasteiger partial charge in [0.05, 0.1) is 0 Å². The van der Waals surface area contributed by atoms with Gasteiger partial charge in [-0.3, -0.25) is 0 Å². The third-order valence-electron chi connectivity index (χ3n) is 4.76. The van der Waals surface area contributed by atoms with E-state index in [0.29, 0.717) is 5.92 Å². The number of rotatable bonds is 2. The highest BCUT2D eigenvalue weighted by atomic mass is 17.3. The Kier molecular flexibility index (Phi) is 2.94. The van der Waals surface area contributed by atoms with Crippen LogP contribution in [0.5, 0.6) is 0 Å². The van der Waals surface area contributed by atoms with E-state index >= 15 is 0 Å². The first-order valence-electron chi connectivity index (χ1n) is 6.82. The molecule has 1 saturated carbocycles. The van der Waals surface area contributed by atoms with Gasteiger partial charge in [-0.2, -0.15) is 0 Å². The van der Waals surface area contributed by atoms with Crippen molar-refractivity contribution in [3.05, 3.63) is 0 Å². The summed E-state index contributed by atoms with van der Waals surface area (Å²) < 4.78 is 11.7. The van der Waals surface area contributed by atoms with Crippen LogP contribution in [0.3, 0.4) is 0 Å². The van der Waals surface area contributed by atoms with E-state index in [1.165, 1.54) is 19.3 Å². The minimum absolute atomic E-state index is 0.274. The molecule has 1 aliphatic carbocycles. The van der Waals surface area contributed by atoms with Crippen molar-refractivity contribution in [2.45, 2.75) is 69.5 Å². The zero-order valence-corrected chi connectivity index (χ0v) is 10.7. The zero-order chi connectivity index (χ0) is 11.9. The number of ether oxygens (including phenoxy) is 2. The van der Waals surface area contributed by atoms with Gasteiger partial charge in [0.15, 0.2) is 11.9 Å². The Morgan fingerprint density at radius 2 is 2.06 bits per heavy atom. The van der Waals surface area contributed by atoms with Crippen molar-refractivity contribution < 1.29 is 19.2 Å². The topological polar surface area (TPSA) is 36.9 Å². The maximum Gasteiger partial charge on any atom is 0.204 e. The Labute approximate surface area is 102 Å². The summed E-state index contributed by atoms with van der Waals surface area (Å²) in [5.41, 5.74) is -0.359. The van der Waals surface area contributed by atoms with Crippen molar-refractivity contribution >= 4 is 0 Å². The number of methoxy groups -OCH3 is 1. The molecule has 4 nitrogen and oxygen atoms in total. The van der Waals surface area contributed by atoms with Crippen LogP contribution in [0, 0.1) is 5.92 Å². The lowest BCUT2D eigenvalue weighted by molar-refractivity contribution is -0.552. The van der Waals surface area contributed by atoms with E-state index < -0.39 is 5.79 Å². The molecule has 3 aliphatic heterocycles. The van der Waals surface area contributed by atoms with Gasteiger partial charge in [0.1, 0.15) is 0 Å². The standard InChI is InChI=1S/C13H22O4/c1-3-12-9-7-10-6-4-5-8-13(10,17-16-12)11(14-2)15-12/h10-11H,3-9H2,1-2H3. The molecule has 4 unspecified atom stereocenters. The van der Waals surface area contributed by atoms with Crippen molar-refractivity contribution in [1.29, 1.82) is 0 Å². The molecule has 0 amide bonds. The predicted molar refractivity (Wildman–Crippen MR) is 61.0 cm³/mol. The van der Waals surface area contributed by atoms with Crippen LogP contribution in [-0.2, 0) is 19.2 Å². The second-order valence-electron chi connectivity index (χ2n) is 5.55. The summed E-state index contributed by atoms with van der Waals surface area (Å²) in [6.07, 6.45) is 7.19. The quantitative estimate of drug-likeness (QED) is 0.698. The van der Waals surface area contributed by atoms with E-state index in [0.717, 1.165) is 25.7 Å². The van der Waals surface area contributed by atoms with Crippen molar-refractivity contribution in [1.82, 2.24) is 0 Å². The van der Waals surface area contributed by atoms with Crippen molar-refractivity contribution in [3.63, 3.8) is 0 Å². The Hall–Kier alpha value is -0.160. The lowest BCUT2D eigenvalue weighted by Gasteiger charge is -2.49. The normalized spacial score (nSPS) is 49.8. The molecule has 4 heteroatoms. The Morgan fingerprint density at radius 3 is 2.82 bits per heavy atom. The minimum Gasteiger partial charge on any atom is -0.353 e. The second kappa shape index (κ2) is 4.19. The summed E-state index contributed by atoms with van der Waals surface area (Å²) in [5.74, 6) is -0.0689. The molecule has 4 fully saturated rings. The summed E-state index contributed by atoms with van der Waals surface area (Å²) >= 11 is 0. The molecule has 17 heavy (non-hydrogen) atoms. The lowest BCUT2D eigenvalue weighted by atomic mass is 9.73. The molecule has 1 spiro atoms. The molecular formula is C13H22O4. The molecule has 4 atom stereocenters. The fraction of sp³-hybridized carbons (Fsp3) is 1.00. The summed E-state index contributed by atoms with van der Waals surface area (Å²) in [5, 5.41) is 0. The summed E-state index contributed by atoms with van der Waals surface area (Å²) in [6.45, 7) is 2.07. The smallest absolute Gasteiger partial charge is 0.204 e. The Morgan fingerprint density at radius 1 is 1.18 bits per heavy atom. The Bertz CT molecular complexity index is 291. The van der Waals surface area contributed by atoms with Gasteiger partial charge in [0.25, 0.3) is 0 Å². The van der Waals surface area contributed by atoms with E-state index in [4.69, 9.17) is 19.2 Å². The largest absolute Gasteiger partial charge is 0.353 e. The van der Waals surface area contributed by atoms with Crippen LogP contribution in [-0.4, -0.2) is 24.8 Å². The van der Waals surface area contributed by atoms with Crippen LogP contribution in [0.2, 0.25) is 0 Å². The number of hydrogen-bond donors (Lipinski definition) is 0. The average molecular weight is 242 g/mol. The lowest BCUT2D eigenvalue weighted by Crippen LogP contribution is -2.59. The molecular weight excluding hydrogens is 220 g/mol. The summed E-state index contributed by atoms with van der Waals surface area (Å²) in [4.78, 5) is 11.5. The van der Waals surface area contributed by atoms with Gasteiger partial charge in [-0.1, -0.05) is 19.8 Å². The van der Waals surface area contributed by atoms with E-state index in [2.05, 4.69) is 6.92 Å². The highest BCUT2D eigenvalue weighted by Crippen LogP contribution is 2.52. The predicted octanol–water partition coefficient (Wildman–Crippen LogP) is 2.77.